The smallest absolute Gasteiger partial charge is 0.433 e. The van der Waals surface area contributed by atoms with Gasteiger partial charge in [0.2, 0.25) is 0 Å². The fraction of sp³-hybridized carbons (Fsp3) is 1.00. The van der Waals surface area contributed by atoms with Gasteiger partial charge in [-0.2, -0.15) is 0 Å². The summed E-state index contributed by atoms with van der Waals surface area (Å²) in [6.45, 7) is 18.0. The van der Waals surface area contributed by atoms with Crippen LogP contribution in [-0.4, -0.2) is 114 Å². The van der Waals surface area contributed by atoms with E-state index >= 15 is 0 Å². The first-order valence-electron chi connectivity index (χ1n) is 8.41. The van der Waals surface area contributed by atoms with Crippen LogP contribution >= 0.6 is 0 Å². The van der Waals surface area contributed by atoms with Crippen LogP contribution in [0.2, 0.25) is 72.0 Å². The second-order valence-electron chi connectivity index (χ2n) is 8.90. The van der Waals surface area contributed by atoms with E-state index in [0.29, 0.717) is 0 Å². The van der Waals surface area contributed by atoms with Crippen molar-refractivity contribution >= 4 is 51.6 Å². The molecule has 30 heavy (non-hydrogen) atoms. The zero-order valence-electron chi connectivity index (χ0n) is 19.8. The van der Waals surface area contributed by atoms with E-state index in [4.69, 9.17) is 62.3 Å². The Hall–Kier alpha value is 0.781. The molecule has 0 aliphatic heterocycles. The van der Waals surface area contributed by atoms with E-state index in [9.17, 15) is 0 Å². The van der Waals surface area contributed by atoms with Crippen LogP contribution in [0.1, 0.15) is 0 Å². The van der Waals surface area contributed by atoms with E-state index in [0.717, 1.165) is 6.55 Å². The van der Waals surface area contributed by atoms with Crippen molar-refractivity contribution in [1.82, 2.24) is 0 Å². The average Bonchev–Trinajstić information content (AvgIpc) is 1.94. The van der Waals surface area contributed by atoms with Crippen LogP contribution in [0.15, 0.2) is 0 Å². The maximum absolute atomic E-state index is 8.66. The highest BCUT2D eigenvalue weighted by atomic mass is 28.4. The SMILES string of the molecule is C[Si](C)(C)O.C[Si](C)(C)O.C[Si](C)(O)O.C[Si](C)(O)O.C[Si](O)(O)O.O[Si](O)(O)O. The molecule has 0 radical (unpaired) electrons. The number of hydrogen-bond acceptors (Lipinski definition) is 13. The maximum Gasteiger partial charge on any atom is 0.668 e. The van der Waals surface area contributed by atoms with Crippen LogP contribution < -0.4 is 0 Å². The van der Waals surface area contributed by atoms with Crippen molar-refractivity contribution in [2.24, 2.45) is 0 Å². The normalized spacial score (nSPS) is 12.0. The van der Waals surface area contributed by atoms with Gasteiger partial charge in [0, 0.05) is 6.55 Å². The molecule has 13 nitrogen and oxygen atoms in total. The molecule has 0 saturated carbocycles. The van der Waals surface area contributed by atoms with Crippen LogP contribution in [0.4, 0.5) is 0 Å². The lowest BCUT2D eigenvalue weighted by Gasteiger charge is -2.00. The summed E-state index contributed by atoms with van der Waals surface area (Å²) in [5, 5.41) is 0. The first-order chi connectivity index (χ1) is 12.0. The third-order valence-corrected chi connectivity index (χ3v) is 0. The van der Waals surface area contributed by atoms with Gasteiger partial charge in [-0.1, -0.05) is 0 Å². The molecule has 192 valence electrons. The lowest BCUT2D eigenvalue weighted by molar-refractivity contribution is 0.117. The minimum atomic E-state index is -4.61. The van der Waals surface area contributed by atoms with Gasteiger partial charge in [0.1, 0.15) is 0 Å². The molecule has 0 atom stereocenters. The van der Waals surface area contributed by atoms with E-state index in [1.807, 2.05) is 39.3 Å². The predicted molar refractivity (Wildman–Crippen MR) is 128 cm³/mol. The second kappa shape index (κ2) is 18.2. The van der Waals surface area contributed by atoms with Crippen LogP contribution in [0, 0.1) is 0 Å². The van der Waals surface area contributed by atoms with Gasteiger partial charge in [-0.25, -0.2) is 0 Å². The third kappa shape index (κ3) is 36400. The number of rotatable bonds is 0. The zero-order valence-corrected chi connectivity index (χ0v) is 25.8. The summed E-state index contributed by atoms with van der Waals surface area (Å²) in [7, 11) is -16.7. The summed E-state index contributed by atoms with van der Waals surface area (Å²) < 4.78 is 0. The van der Waals surface area contributed by atoms with Gasteiger partial charge >= 0.3 is 35.0 Å². The predicted octanol–water partition coefficient (Wildman–Crippen LogP) is -3.10. The first-order valence-corrected chi connectivity index (χ1v) is 25.2. The minimum Gasteiger partial charge on any atom is -0.433 e. The fourth-order valence-corrected chi connectivity index (χ4v) is 0. The van der Waals surface area contributed by atoms with Gasteiger partial charge in [-0.15, -0.1) is 0 Å². The summed E-state index contributed by atoms with van der Waals surface area (Å²) in [4.78, 5) is 103. The monoisotopic (exact) mass is 554 g/mol. The molecule has 0 aliphatic rings. The van der Waals surface area contributed by atoms with Gasteiger partial charge in [-0.05, 0) is 65.5 Å². The molecule has 13 N–H and O–H groups in total. The van der Waals surface area contributed by atoms with Crippen molar-refractivity contribution < 1.29 is 62.3 Å². The maximum atomic E-state index is 8.66. The second-order valence-corrected chi connectivity index (χ2v) is 26.7. The highest BCUT2D eigenvalue weighted by Gasteiger charge is 2.22. The van der Waals surface area contributed by atoms with Crippen LogP contribution in [0.3, 0.4) is 0 Å². The molecule has 0 spiro atoms. The van der Waals surface area contributed by atoms with E-state index in [2.05, 4.69) is 0 Å². The molecule has 0 heterocycles. The van der Waals surface area contributed by atoms with Crippen molar-refractivity contribution in [3.05, 3.63) is 0 Å². The summed E-state index contributed by atoms with van der Waals surface area (Å²) in [5.41, 5.74) is 0. The van der Waals surface area contributed by atoms with E-state index in [-0.39, 0.29) is 0 Å². The van der Waals surface area contributed by atoms with E-state index < -0.39 is 51.6 Å². The Morgan fingerprint density at radius 3 is 0.300 bits per heavy atom. The van der Waals surface area contributed by atoms with Crippen molar-refractivity contribution in [3.8, 4) is 0 Å². The van der Waals surface area contributed by atoms with Crippen molar-refractivity contribution in [2.75, 3.05) is 0 Å². The average molecular weight is 555 g/mol. The zero-order chi connectivity index (χ0) is 27.0. The Labute approximate surface area is 186 Å². The molecular weight excluding hydrogens is 509 g/mol. The topological polar surface area (TPSA) is 263 Å². The number of hydrogen-bond donors (Lipinski definition) is 13. The lowest BCUT2D eigenvalue weighted by Crippen LogP contribution is -2.33. The molecule has 0 amide bonds. The highest BCUT2D eigenvalue weighted by Crippen LogP contribution is 1.89. The molecule has 0 aromatic heterocycles. The Kier molecular flexibility index (Phi) is 27.0. The summed E-state index contributed by atoms with van der Waals surface area (Å²) >= 11 is 0. The quantitative estimate of drug-likeness (QED) is 0.132. The largest absolute Gasteiger partial charge is 0.668 e. The van der Waals surface area contributed by atoms with Gasteiger partial charge in [-0.3, -0.25) is 0 Å². The fourth-order valence-electron chi connectivity index (χ4n) is 0. The molecule has 0 rings (SSSR count). The Bertz CT molecular complexity index is 232. The van der Waals surface area contributed by atoms with Crippen molar-refractivity contribution in [1.29, 1.82) is 0 Å². The van der Waals surface area contributed by atoms with Crippen LogP contribution in [-0.2, 0) is 0 Å². The molecule has 19 heteroatoms. The Balaban J connectivity index is -0.0000000576. The highest BCUT2D eigenvalue weighted by molar-refractivity contribution is 6.68. The standard InChI is InChI=1S/2C3H10OSi.2C2H8O2Si.CH6O3Si.H4O4Si/c6*1-5(2,3)4/h2*4H,1-3H3;2*3-4H,1-2H3;2-4H,1H3;1-4H. The van der Waals surface area contributed by atoms with Crippen LogP contribution in [0.25, 0.3) is 0 Å². The molecule has 0 bridgehead atoms. The molecular formula is C11H46O13Si6. The Morgan fingerprint density at radius 1 is 0.300 bits per heavy atom. The summed E-state index contributed by atoms with van der Waals surface area (Å²) in [5.74, 6) is 0. The van der Waals surface area contributed by atoms with Crippen LogP contribution in [0.5, 0.6) is 0 Å². The molecule has 0 fully saturated rings. The first kappa shape index (κ1) is 44.5. The van der Waals surface area contributed by atoms with Gasteiger partial charge < -0.3 is 62.3 Å². The summed E-state index contributed by atoms with van der Waals surface area (Å²) in [6, 6.07) is 0. The lowest BCUT2D eigenvalue weighted by atomic mass is 11.8. The minimum absolute atomic E-state index is 0.993. The molecule has 0 aliphatic carbocycles. The molecule has 0 aromatic carbocycles. The summed E-state index contributed by atoms with van der Waals surface area (Å²) in [6.07, 6.45) is 0. The van der Waals surface area contributed by atoms with Gasteiger partial charge in [0.25, 0.3) is 0 Å². The Morgan fingerprint density at radius 2 is 0.300 bits per heavy atom. The third-order valence-electron chi connectivity index (χ3n) is 0. The van der Waals surface area contributed by atoms with Crippen molar-refractivity contribution in [3.63, 3.8) is 0 Å². The van der Waals surface area contributed by atoms with Gasteiger partial charge in [0.15, 0.2) is 16.6 Å². The molecule has 0 unspecified atom stereocenters. The molecule has 0 aromatic rings. The van der Waals surface area contributed by atoms with Crippen molar-refractivity contribution in [2.45, 2.75) is 72.0 Å². The van der Waals surface area contributed by atoms with E-state index in [1.54, 1.807) is 0 Å². The van der Waals surface area contributed by atoms with Gasteiger partial charge in [0.05, 0.1) is 0 Å². The van der Waals surface area contributed by atoms with E-state index in [1.165, 1.54) is 26.2 Å². The molecule has 0 saturated heterocycles.